The monoisotopic (exact) mass is 251 g/mol. The van der Waals surface area contributed by atoms with E-state index < -0.39 is 0 Å². The lowest BCUT2D eigenvalue weighted by Gasteiger charge is -2.41. The van der Waals surface area contributed by atoms with E-state index in [2.05, 4.69) is 18.9 Å². The van der Waals surface area contributed by atoms with Crippen LogP contribution in [0, 0.1) is 17.8 Å². The molecule has 1 aliphatic heterocycles. The molecule has 1 saturated heterocycles. The second kappa shape index (κ2) is 5.96. The molecule has 18 heavy (non-hydrogen) atoms. The second-order valence-corrected chi connectivity index (χ2v) is 6.10. The Kier molecular flexibility index (Phi) is 4.55. The summed E-state index contributed by atoms with van der Waals surface area (Å²) in [6.45, 7) is 4.25. The van der Waals surface area contributed by atoms with Gasteiger partial charge in [-0.2, -0.15) is 0 Å². The van der Waals surface area contributed by atoms with E-state index in [-0.39, 0.29) is 17.5 Å². The third-order valence-corrected chi connectivity index (χ3v) is 4.65. The third-order valence-electron chi connectivity index (χ3n) is 4.65. The minimum Gasteiger partial charge on any atom is -0.306 e. The average molecular weight is 251 g/mol. The van der Waals surface area contributed by atoms with Crippen molar-refractivity contribution in [2.75, 3.05) is 20.1 Å². The van der Waals surface area contributed by atoms with Crippen LogP contribution in [0.4, 0.5) is 0 Å². The lowest BCUT2D eigenvalue weighted by Crippen LogP contribution is -2.45. The van der Waals surface area contributed by atoms with Gasteiger partial charge in [0.05, 0.1) is 5.92 Å². The molecule has 0 N–H and O–H groups in total. The molecule has 1 saturated carbocycles. The van der Waals surface area contributed by atoms with Gasteiger partial charge in [0.15, 0.2) is 0 Å². The molecule has 102 valence electrons. The highest BCUT2D eigenvalue weighted by Crippen LogP contribution is 2.37. The van der Waals surface area contributed by atoms with Crippen molar-refractivity contribution in [3.8, 4) is 0 Å². The number of piperidine rings is 1. The number of unbranched alkanes of at least 4 members (excludes halogenated alkanes) is 1. The summed E-state index contributed by atoms with van der Waals surface area (Å²) in [7, 11) is 2.14. The normalized spacial score (nSPS) is 33.2. The smallest absolute Gasteiger partial charge is 0.143 e. The van der Waals surface area contributed by atoms with Gasteiger partial charge in [0.1, 0.15) is 11.6 Å². The number of Topliss-reactive ketones (excluding diaryl/α,β-unsaturated/α-hetero) is 2. The Morgan fingerprint density at radius 3 is 2.89 bits per heavy atom. The Morgan fingerprint density at radius 2 is 2.17 bits per heavy atom. The minimum atomic E-state index is -0.274. The van der Waals surface area contributed by atoms with Gasteiger partial charge in [-0.15, -0.1) is 0 Å². The number of likely N-dealkylation sites (tertiary alicyclic amines) is 1. The van der Waals surface area contributed by atoms with Crippen LogP contribution in [-0.2, 0) is 9.59 Å². The Labute approximate surface area is 110 Å². The molecule has 0 aromatic rings. The number of fused-ring (bicyclic) bond motifs is 1. The molecule has 3 atom stereocenters. The fraction of sp³-hybridized carbons (Fsp3) is 0.867. The van der Waals surface area contributed by atoms with Crippen LogP contribution in [0.1, 0.15) is 45.4 Å². The zero-order chi connectivity index (χ0) is 13.1. The summed E-state index contributed by atoms with van der Waals surface area (Å²) < 4.78 is 0. The third kappa shape index (κ3) is 3.00. The van der Waals surface area contributed by atoms with E-state index >= 15 is 0 Å². The number of hydrogen-bond acceptors (Lipinski definition) is 3. The summed E-state index contributed by atoms with van der Waals surface area (Å²) >= 11 is 0. The van der Waals surface area contributed by atoms with E-state index in [4.69, 9.17) is 0 Å². The molecule has 1 aliphatic carbocycles. The minimum absolute atomic E-state index is 0.202. The van der Waals surface area contributed by atoms with Crippen LogP contribution in [0.2, 0.25) is 0 Å². The van der Waals surface area contributed by atoms with Crippen LogP contribution in [0.15, 0.2) is 0 Å². The van der Waals surface area contributed by atoms with Crippen molar-refractivity contribution in [1.29, 1.82) is 0 Å². The zero-order valence-electron chi connectivity index (χ0n) is 11.7. The average Bonchev–Trinajstić information content (AvgIpc) is 2.35. The Morgan fingerprint density at radius 1 is 1.39 bits per heavy atom. The fourth-order valence-corrected chi connectivity index (χ4v) is 3.47. The first kappa shape index (κ1) is 13.7. The van der Waals surface area contributed by atoms with Crippen molar-refractivity contribution in [3.63, 3.8) is 0 Å². The zero-order valence-corrected chi connectivity index (χ0v) is 11.7. The summed E-state index contributed by atoms with van der Waals surface area (Å²) in [5, 5.41) is 0. The SMILES string of the molecule is CCCCC(=O)C1C[C@H]2CN(C)CC[C@H]2CC1=O. The van der Waals surface area contributed by atoms with Crippen LogP contribution in [0.25, 0.3) is 0 Å². The van der Waals surface area contributed by atoms with Crippen LogP contribution in [0.5, 0.6) is 0 Å². The maximum Gasteiger partial charge on any atom is 0.143 e. The molecule has 0 aromatic carbocycles. The molecule has 1 unspecified atom stereocenters. The molecular weight excluding hydrogens is 226 g/mol. The standard InChI is InChI=1S/C15H25NO2/c1-3-4-5-14(17)13-8-12-10-16(2)7-6-11(12)9-15(13)18/h11-13H,3-10H2,1-2H3/t11-,12-,13?/m0/s1. The molecule has 2 fully saturated rings. The molecule has 0 amide bonds. The van der Waals surface area contributed by atoms with Gasteiger partial charge in [0, 0.05) is 19.4 Å². The van der Waals surface area contributed by atoms with Crippen molar-refractivity contribution in [2.24, 2.45) is 17.8 Å². The van der Waals surface area contributed by atoms with Crippen LogP contribution >= 0.6 is 0 Å². The predicted molar refractivity (Wildman–Crippen MR) is 71.4 cm³/mol. The van der Waals surface area contributed by atoms with Gasteiger partial charge in [-0.1, -0.05) is 13.3 Å². The number of ketones is 2. The van der Waals surface area contributed by atoms with Crippen LogP contribution in [-0.4, -0.2) is 36.6 Å². The summed E-state index contributed by atoms with van der Waals surface area (Å²) in [5.41, 5.74) is 0. The number of rotatable bonds is 4. The Bertz CT molecular complexity index is 318. The molecule has 3 nitrogen and oxygen atoms in total. The predicted octanol–water partition coefficient (Wildman–Crippen LogP) is 2.29. The van der Waals surface area contributed by atoms with Gasteiger partial charge < -0.3 is 4.90 Å². The van der Waals surface area contributed by atoms with E-state index in [1.807, 2.05) is 0 Å². The molecule has 0 bridgehead atoms. The van der Waals surface area contributed by atoms with Crippen molar-refractivity contribution < 1.29 is 9.59 Å². The molecular formula is C15H25NO2. The number of nitrogens with zero attached hydrogens (tertiary/aromatic N) is 1. The first-order chi connectivity index (χ1) is 8.61. The van der Waals surface area contributed by atoms with E-state index in [1.54, 1.807) is 0 Å². The van der Waals surface area contributed by atoms with Crippen LogP contribution < -0.4 is 0 Å². The van der Waals surface area contributed by atoms with E-state index in [1.165, 1.54) is 0 Å². The van der Waals surface area contributed by atoms with Gasteiger partial charge in [-0.25, -0.2) is 0 Å². The fourth-order valence-electron chi connectivity index (χ4n) is 3.47. The van der Waals surface area contributed by atoms with E-state index in [9.17, 15) is 9.59 Å². The number of carbonyl (C=O) groups excluding carboxylic acids is 2. The first-order valence-corrected chi connectivity index (χ1v) is 7.35. The molecule has 2 aliphatic rings. The van der Waals surface area contributed by atoms with Gasteiger partial charge in [-0.05, 0) is 44.7 Å². The molecule has 1 heterocycles. The summed E-state index contributed by atoms with van der Waals surface area (Å²) in [6, 6.07) is 0. The van der Waals surface area contributed by atoms with Crippen LogP contribution in [0.3, 0.4) is 0 Å². The lowest BCUT2D eigenvalue weighted by atomic mass is 9.69. The molecule has 3 heteroatoms. The van der Waals surface area contributed by atoms with Crippen molar-refractivity contribution in [3.05, 3.63) is 0 Å². The van der Waals surface area contributed by atoms with E-state index in [0.29, 0.717) is 24.7 Å². The van der Waals surface area contributed by atoms with Gasteiger partial charge in [0.25, 0.3) is 0 Å². The van der Waals surface area contributed by atoms with E-state index in [0.717, 1.165) is 38.8 Å². The maximum absolute atomic E-state index is 12.1. The highest BCUT2D eigenvalue weighted by atomic mass is 16.1. The summed E-state index contributed by atoms with van der Waals surface area (Å²) in [4.78, 5) is 26.5. The summed E-state index contributed by atoms with van der Waals surface area (Å²) in [6.07, 6.45) is 5.15. The van der Waals surface area contributed by atoms with Crippen molar-refractivity contribution in [2.45, 2.75) is 45.4 Å². The highest BCUT2D eigenvalue weighted by Gasteiger charge is 2.40. The second-order valence-electron chi connectivity index (χ2n) is 6.10. The van der Waals surface area contributed by atoms with Gasteiger partial charge >= 0.3 is 0 Å². The van der Waals surface area contributed by atoms with Gasteiger partial charge in [0.2, 0.25) is 0 Å². The Balaban J connectivity index is 1.96. The van der Waals surface area contributed by atoms with Gasteiger partial charge in [-0.3, -0.25) is 9.59 Å². The highest BCUT2D eigenvalue weighted by molar-refractivity contribution is 6.02. The molecule has 2 rings (SSSR count). The van der Waals surface area contributed by atoms with Crippen molar-refractivity contribution in [1.82, 2.24) is 4.90 Å². The lowest BCUT2D eigenvalue weighted by molar-refractivity contribution is -0.138. The molecule has 0 radical (unpaired) electrons. The van der Waals surface area contributed by atoms with Crippen molar-refractivity contribution >= 4 is 11.6 Å². The largest absolute Gasteiger partial charge is 0.306 e. The number of carbonyl (C=O) groups is 2. The summed E-state index contributed by atoms with van der Waals surface area (Å²) in [5.74, 6) is 1.26. The topological polar surface area (TPSA) is 37.4 Å². The maximum atomic E-state index is 12.1. The molecule has 0 spiro atoms. The Hall–Kier alpha value is -0.700. The number of hydrogen-bond donors (Lipinski definition) is 0. The quantitative estimate of drug-likeness (QED) is 0.719. The first-order valence-electron chi connectivity index (χ1n) is 7.35. The molecule has 0 aromatic heterocycles.